The predicted molar refractivity (Wildman–Crippen MR) is 48.9 cm³/mol. The molecule has 1 rings (SSSR count). The van der Waals surface area contributed by atoms with Gasteiger partial charge in [-0.2, -0.15) is 5.26 Å². The van der Waals surface area contributed by atoms with Gasteiger partial charge in [-0.1, -0.05) is 6.07 Å². The van der Waals surface area contributed by atoms with Crippen LogP contribution in [0, 0.1) is 23.0 Å². The minimum atomic E-state index is -1.17. The van der Waals surface area contributed by atoms with E-state index in [-0.39, 0.29) is 18.5 Å². The molecule has 1 aromatic carbocycles. The summed E-state index contributed by atoms with van der Waals surface area (Å²) in [6, 6.07) is 5.18. The van der Waals surface area contributed by atoms with E-state index < -0.39 is 17.5 Å². The van der Waals surface area contributed by atoms with Crippen molar-refractivity contribution >= 4 is 5.91 Å². The van der Waals surface area contributed by atoms with Gasteiger partial charge in [0.2, 0.25) is 0 Å². The van der Waals surface area contributed by atoms with Gasteiger partial charge in [-0.3, -0.25) is 4.79 Å². The van der Waals surface area contributed by atoms with Crippen molar-refractivity contribution in [2.45, 2.75) is 6.42 Å². The minimum Gasteiger partial charge on any atom is -0.351 e. The lowest BCUT2D eigenvalue weighted by Gasteiger charge is -2.03. The summed E-state index contributed by atoms with van der Waals surface area (Å²) in [6.07, 6.45) is 0.128. The Kier molecular flexibility index (Phi) is 3.75. The van der Waals surface area contributed by atoms with Gasteiger partial charge in [0.25, 0.3) is 5.91 Å². The van der Waals surface area contributed by atoms with Crippen molar-refractivity contribution in [3.05, 3.63) is 35.4 Å². The van der Waals surface area contributed by atoms with Crippen molar-refractivity contribution in [1.29, 1.82) is 5.26 Å². The van der Waals surface area contributed by atoms with E-state index in [1.54, 1.807) is 0 Å². The Morgan fingerprint density at radius 2 is 2.20 bits per heavy atom. The highest BCUT2D eigenvalue weighted by molar-refractivity contribution is 5.94. The van der Waals surface area contributed by atoms with Crippen LogP contribution in [0.3, 0.4) is 0 Å². The fourth-order valence-corrected chi connectivity index (χ4v) is 1.01. The quantitative estimate of drug-likeness (QED) is 0.770. The number of amides is 1. The highest BCUT2D eigenvalue weighted by atomic mass is 19.2. The molecule has 0 spiro atoms. The molecule has 1 N–H and O–H groups in total. The number of nitrogens with one attached hydrogen (secondary N) is 1. The van der Waals surface area contributed by atoms with Gasteiger partial charge in [0.1, 0.15) is 0 Å². The van der Waals surface area contributed by atoms with Crippen molar-refractivity contribution in [2.75, 3.05) is 6.54 Å². The number of carbonyl (C=O) groups is 1. The van der Waals surface area contributed by atoms with Crippen LogP contribution in [0.2, 0.25) is 0 Å². The fraction of sp³-hybridized carbons (Fsp3) is 0.200. The molecule has 0 unspecified atom stereocenters. The maximum Gasteiger partial charge on any atom is 0.254 e. The Morgan fingerprint density at radius 3 is 2.87 bits per heavy atom. The van der Waals surface area contributed by atoms with Gasteiger partial charge >= 0.3 is 0 Å². The zero-order valence-electron chi connectivity index (χ0n) is 7.76. The van der Waals surface area contributed by atoms with Crippen LogP contribution in [0.4, 0.5) is 8.78 Å². The fourth-order valence-electron chi connectivity index (χ4n) is 1.01. The molecule has 1 aromatic rings. The van der Waals surface area contributed by atoms with Gasteiger partial charge in [-0.15, -0.1) is 0 Å². The second-order valence-corrected chi connectivity index (χ2v) is 2.77. The third-order valence-electron chi connectivity index (χ3n) is 1.72. The monoisotopic (exact) mass is 210 g/mol. The molecule has 0 fully saturated rings. The van der Waals surface area contributed by atoms with E-state index in [1.165, 1.54) is 12.1 Å². The van der Waals surface area contributed by atoms with Crippen molar-refractivity contribution < 1.29 is 13.6 Å². The summed E-state index contributed by atoms with van der Waals surface area (Å²) in [4.78, 5) is 11.3. The van der Waals surface area contributed by atoms with Gasteiger partial charge in [0, 0.05) is 6.54 Å². The first-order chi connectivity index (χ1) is 7.16. The van der Waals surface area contributed by atoms with Crippen LogP contribution in [0.25, 0.3) is 0 Å². The molecule has 0 atom stereocenters. The van der Waals surface area contributed by atoms with E-state index in [4.69, 9.17) is 5.26 Å². The first kappa shape index (κ1) is 11.1. The Labute approximate surface area is 85.3 Å². The molecule has 78 valence electrons. The molecule has 1 amide bonds. The molecule has 0 radical (unpaired) electrons. The third kappa shape index (κ3) is 2.74. The maximum atomic E-state index is 13.1. The van der Waals surface area contributed by atoms with Crippen LogP contribution >= 0.6 is 0 Å². The molecular formula is C10H8F2N2O. The summed E-state index contributed by atoms with van der Waals surface area (Å²) < 4.78 is 25.8. The number of nitrogens with zero attached hydrogens (tertiary/aromatic N) is 1. The number of hydrogen-bond donors (Lipinski definition) is 1. The molecule has 0 saturated carbocycles. The molecule has 0 aliphatic carbocycles. The van der Waals surface area contributed by atoms with Gasteiger partial charge in [-0.25, -0.2) is 8.78 Å². The van der Waals surface area contributed by atoms with Crippen molar-refractivity contribution in [1.82, 2.24) is 5.32 Å². The van der Waals surface area contributed by atoms with Crippen LogP contribution < -0.4 is 5.32 Å². The number of halogens is 2. The van der Waals surface area contributed by atoms with Gasteiger partial charge in [0.05, 0.1) is 18.1 Å². The standard InChI is InChI=1S/C10H8F2N2O/c11-8-4-1-3-7(9(8)12)10(15)14-6-2-5-13/h1,3-4H,2,6H2,(H,14,15). The second kappa shape index (κ2) is 5.05. The molecule has 0 aliphatic rings. The number of hydrogen-bond acceptors (Lipinski definition) is 2. The molecule has 0 aromatic heterocycles. The number of rotatable bonds is 3. The Bertz CT molecular complexity index is 412. The molecular weight excluding hydrogens is 202 g/mol. The van der Waals surface area contributed by atoms with Crippen LogP contribution in [0.5, 0.6) is 0 Å². The number of carbonyl (C=O) groups excluding carboxylic acids is 1. The van der Waals surface area contributed by atoms with Gasteiger partial charge in [-0.05, 0) is 12.1 Å². The van der Waals surface area contributed by atoms with Gasteiger partial charge in [0.15, 0.2) is 11.6 Å². The third-order valence-corrected chi connectivity index (χ3v) is 1.72. The summed E-state index contributed by atoms with van der Waals surface area (Å²) in [5, 5.41) is 10.5. The molecule has 0 saturated heterocycles. The molecule has 0 bridgehead atoms. The van der Waals surface area contributed by atoms with Crippen LogP contribution in [0.15, 0.2) is 18.2 Å². The first-order valence-corrected chi connectivity index (χ1v) is 4.26. The Hall–Kier alpha value is -1.96. The summed E-state index contributed by atoms with van der Waals surface area (Å²) >= 11 is 0. The lowest BCUT2D eigenvalue weighted by molar-refractivity contribution is 0.0949. The number of benzene rings is 1. The number of nitriles is 1. The largest absolute Gasteiger partial charge is 0.351 e. The molecule has 0 heterocycles. The highest BCUT2D eigenvalue weighted by Gasteiger charge is 2.13. The van der Waals surface area contributed by atoms with Crippen molar-refractivity contribution in [3.63, 3.8) is 0 Å². The summed E-state index contributed by atoms with van der Waals surface area (Å²) in [5.41, 5.74) is -0.354. The van der Waals surface area contributed by atoms with E-state index in [2.05, 4.69) is 5.32 Å². The summed E-state index contributed by atoms with van der Waals surface area (Å²) in [6.45, 7) is 0.116. The van der Waals surface area contributed by atoms with E-state index >= 15 is 0 Å². The highest BCUT2D eigenvalue weighted by Crippen LogP contribution is 2.10. The van der Waals surface area contributed by atoms with E-state index in [0.29, 0.717) is 0 Å². The normalized spacial score (nSPS) is 9.40. The summed E-state index contributed by atoms with van der Waals surface area (Å²) in [5.74, 6) is -2.96. The second-order valence-electron chi connectivity index (χ2n) is 2.77. The topological polar surface area (TPSA) is 52.9 Å². The first-order valence-electron chi connectivity index (χ1n) is 4.26. The van der Waals surface area contributed by atoms with Crippen LogP contribution in [-0.2, 0) is 0 Å². The van der Waals surface area contributed by atoms with E-state index in [1.807, 2.05) is 6.07 Å². The van der Waals surface area contributed by atoms with Gasteiger partial charge < -0.3 is 5.32 Å². The van der Waals surface area contributed by atoms with Crippen molar-refractivity contribution in [2.24, 2.45) is 0 Å². The molecule has 15 heavy (non-hydrogen) atoms. The van der Waals surface area contributed by atoms with E-state index in [0.717, 1.165) is 6.07 Å². The zero-order chi connectivity index (χ0) is 11.3. The smallest absolute Gasteiger partial charge is 0.254 e. The van der Waals surface area contributed by atoms with Crippen molar-refractivity contribution in [3.8, 4) is 6.07 Å². The average molecular weight is 210 g/mol. The van der Waals surface area contributed by atoms with Crippen LogP contribution in [-0.4, -0.2) is 12.5 Å². The molecule has 0 aliphatic heterocycles. The SMILES string of the molecule is N#CCCNC(=O)c1cccc(F)c1F. The molecule has 3 nitrogen and oxygen atoms in total. The van der Waals surface area contributed by atoms with Crippen LogP contribution in [0.1, 0.15) is 16.8 Å². The molecule has 5 heteroatoms. The lowest BCUT2D eigenvalue weighted by atomic mass is 10.2. The van der Waals surface area contributed by atoms with E-state index in [9.17, 15) is 13.6 Å². The summed E-state index contributed by atoms with van der Waals surface area (Å²) in [7, 11) is 0. The predicted octanol–water partition coefficient (Wildman–Crippen LogP) is 1.61. The average Bonchev–Trinajstić information content (AvgIpc) is 2.22. The maximum absolute atomic E-state index is 13.1. The Balaban J connectivity index is 2.75. The Morgan fingerprint density at radius 1 is 1.47 bits per heavy atom. The zero-order valence-corrected chi connectivity index (χ0v) is 7.76. The minimum absolute atomic E-state index is 0.116. The lowest BCUT2D eigenvalue weighted by Crippen LogP contribution is -2.25.